The zero-order chi connectivity index (χ0) is 13.2. The van der Waals surface area contributed by atoms with Crippen molar-refractivity contribution < 1.29 is 14.3 Å². The van der Waals surface area contributed by atoms with E-state index in [1.54, 1.807) is 7.11 Å². The first-order valence-electron chi connectivity index (χ1n) is 6.48. The number of rotatable bonds is 9. The highest BCUT2D eigenvalue weighted by molar-refractivity contribution is 5.78. The molecular formula is C15H22O3. The molecule has 3 nitrogen and oxygen atoms in total. The Bertz CT molecular complexity index is 343. The number of Topliss-reactive ketones (excluding diaryl/α,β-unsaturated/α-hetero) is 1. The fraction of sp³-hybridized carbons (Fsp3) is 0.533. The number of aryl methyl sites for hydroxylation is 1. The molecule has 0 aliphatic heterocycles. The van der Waals surface area contributed by atoms with Crippen molar-refractivity contribution in [3.63, 3.8) is 0 Å². The smallest absolute Gasteiger partial charge is 0.135 e. The minimum atomic E-state index is 0.266. The molecule has 0 fully saturated rings. The summed E-state index contributed by atoms with van der Waals surface area (Å²) in [4.78, 5) is 11.6. The number of carbonyl (C=O) groups is 1. The molecule has 0 bridgehead atoms. The lowest BCUT2D eigenvalue weighted by Crippen LogP contribution is -2.06. The second-order valence-corrected chi connectivity index (χ2v) is 4.25. The zero-order valence-corrected chi connectivity index (χ0v) is 11.3. The molecule has 1 aromatic rings. The van der Waals surface area contributed by atoms with E-state index < -0.39 is 0 Å². The van der Waals surface area contributed by atoms with Gasteiger partial charge in [-0.15, -0.1) is 0 Å². The number of carbonyl (C=O) groups excluding carboxylic acids is 1. The molecule has 18 heavy (non-hydrogen) atoms. The summed E-state index contributed by atoms with van der Waals surface area (Å²) >= 11 is 0. The largest absolute Gasteiger partial charge is 0.497 e. The fourth-order valence-corrected chi connectivity index (χ4v) is 1.63. The minimum absolute atomic E-state index is 0.266. The van der Waals surface area contributed by atoms with Gasteiger partial charge in [-0.2, -0.15) is 0 Å². The summed E-state index contributed by atoms with van der Waals surface area (Å²) in [5.74, 6) is 1.11. The van der Waals surface area contributed by atoms with Crippen LogP contribution in [0, 0.1) is 0 Å². The van der Waals surface area contributed by atoms with Gasteiger partial charge in [-0.1, -0.05) is 19.1 Å². The average Bonchev–Trinajstić information content (AvgIpc) is 2.42. The summed E-state index contributed by atoms with van der Waals surface area (Å²) in [5, 5.41) is 0. The monoisotopic (exact) mass is 250 g/mol. The van der Waals surface area contributed by atoms with Crippen LogP contribution >= 0.6 is 0 Å². The van der Waals surface area contributed by atoms with Crippen molar-refractivity contribution >= 4 is 5.78 Å². The van der Waals surface area contributed by atoms with Gasteiger partial charge >= 0.3 is 0 Å². The Morgan fingerprint density at radius 3 is 2.44 bits per heavy atom. The molecule has 0 aliphatic carbocycles. The predicted octanol–water partition coefficient (Wildman–Crippen LogP) is 3.01. The van der Waals surface area contributed by atoms with Crippen molar-refractivity contribution in [3.8, 4) is 5.75 Å². The Morgan fingerprint density at radius 1 is 1.11 bits per heavy atom. The van der Waals surface area contributed by atoms with Crippen LogP contribution in [0.5, 0.6) is 5.75 Å². The fourth-order valence-electron chi connectivity index (χ4n) is 1.63. The second kappa shape index (κ2) is 8.70. The van der Waals surface area contributed by atoms with E-state index in [2.05, 4.69) is 6.92 Å². The van der Waals surface area contributed by atoms with E-state index in [1.807, 2.05) is 24.3 Å². The second-order valence-electron chi connectivity index (χ2n) is 4.25. The van der Waals surface area contributed by atoms with Crippen molar-refractivity contribution in [2.45, 2.75) is 32.6 Å². The van der Waals surface area contributed by atoms with Crippen LogP contribution < -0.4 is 4.74 Å². The van der Waals surface area contributed by atoms with Gasteiger partial charge in [-0.05, 0) is 30.5 Å². The molecule has 0 radical (unpaired) electrons. The molecule has 0 atom stereocenters. The van der Waals surface area contributed by atoms with E-state index >= 15 is 0 Å². The molecule has 0 aromatic heterocycles. The maximum Gasteiger partial charge on any atom is 0.135 e. The van der Waals surface area contributed by atoms with Gasteiger partial charge in [-0.25, -0.2) is 0 Å². The van der Waals surface area contributed by atoms with Crippen molar-refractivity contribution in [3.05, 3.63) is 29.8 Å². The third-order valence-electron chi connectivity index (χ3n) is 2.73. The number of ketones is 1. The standard InChI is InChI=1S/C15H22O3/c1-3-11-18-12-10-14(16)7-4-13-5-8-15(17-2)9-6-13/h5-6,8-9H,3-4,7,10-12H2,1-2H3. The minimum Gasteiger partial charge on any atom is -0.497 e. The first-order chi connectivity index (χ1) is 8.76. The van der Waals surface area contributed by atoms with Crippen molar-refractivity contribution in [2.24, 2.45) is 0 Å². The summed E-state index contributed by atoms with van der Waals surface area (Å²) in [5.41, 5.74) is 1.17. The van der Waals surface area contributed by atoms with Gasteiger partial charge in [0.2, 0.25) is 0 Å². The summed E-state index contributed by atoms with van der Waals surface area (Å²) in [6.45, 7) is 3.35. The van der Waals surface area contributed by atoms with E-state index in [4.69, 9.17) is 9.47 Å². The lowest BCUT2D eigenvalue weighted by Gasteiger charge is -2.04. The molecule has 0 saturated heterocycles. The van der Waals surface area contributed by atoms with Gasteiger partial charge < -0.3 is 9.47 Å². The van der Waals surface area contributed by atoms with E-state index in [9.17, 15) is 4.79 Å². The first kappa shape index (κ1) is 14.7. The third kappa shape index (κ3) is 5.82. The van der Waals surface area contributed by atoms with Crippen LogP contribution in [0.25, 0.3) is 0 Å². The molecule has 0 N–H and O–H groups in total. The summed E-state index contributed by atoms with van der Waals surface area (Å²) < 4.78 is 10.4. The highest BCUT2D eigenvalue weighted by Gasteiger charge is 2.03. The number of hydrogen-bond acceptors (Lipinski definition) is 3. The molecular weight excluding hydrogens is 228 g/mol. The van der Waals surface area contributed by atoms with E-state index in [-0.39, 0.29) is 5.78 Å². The summed E-state index contributed by atoms with van der Waals surface area (Å²) in [7, 11) is 1.65. The van der Waals surface area contributed by atoms with Crippen LogP contribution in [-0.2, 0) is 16.0 Å². The molecule has 100 valence electrons. The van der Waals surface area contributed by atoms with E-state index in [1.165, 1.54) is 5.56 Å². The highest BCUT2D eigenvalue weighted by atomic mass is 16.5. The first-order valence-corrected chi connectivity index (χ1v) is 6.48. The number of hydrogen-bond donors (Lipinski definition) is 0. The van der Waals surface area contributed by atoms with Crippen LogP contribution in [0.3, 0.4) is 0 Å². The van der Waals surface area contributed by atoms with Crippen LogP contribution in [0.1, 0.15) is 31.7 Å². The van der Waals surface area contributed by atoms with Crippen molar-refractivity contribution in [2.75, 3.05) is 20.3 Å². The quantitative estimate of drug-likeness (QED) is 0.632. The third-order valence-corrected chi connectivity index (χ3v) is 2.73. The van der Waals surface area contributed by atoms with Crippen LogP contribution in [0.2, 0.25) is 0 Å². The molecule has 0 aliphatic rings. The Labute approximate surface area is 109 Å². The predicted molar refractivity (Wildman–Crippen MR) is 72.0 cm³/mol. The summed E-state index contributed by atoms with van der Waals surface area (Å²) in [6.07, 6.45) is 2.90. The molecule has 3 heteroatoms. The van der Waals surface area contributed by atoms with Crippen molar-refractivity contribution in [1.82, 2.24) is 0 Å². The van der Waals surface area contributed by atoms with Gasteiger partial charge in [0.05, 0.1) is 13.7 Å². The molecule has 0 unspecified atom stereocenters. The lowest BCUT2D eigenvalue weighted by atomic mass is 10.1. The topological polar surface area (TPSA) is 35.5 Å². The zero-order valence-electron chi connectivity index (χ0n) is 11.3. The Kier molecular flexibility index (Phi) is 7.11. The van der Waals surface area contributed by atoms with Gasteiger partial charge in [0.25, 0.3) is 0 Å². The molecule has 0 amide bonds. The van der Waals surface area contributed by atoms with E-state index in [0.29, 0.717) is 19.4 Å². The number of methoxy groups -OCH3 is 1. The lowest BCUT2D eigenvalue weighted by molar-refractivity contribution is -0.120. The maximum absolute atomic E-state index is 11.6. The Balaban J connectivity index is 2.20. The number of ether oxygens (including phenoxy) is 2. The Morgan fingerprint density at radius 2 is 1.83 bits per heavy atom. The number of benzene rings is 1. The molecule has 0 saturated carbocycles. The Hall–Kier alpha value is -1.35. The SMILES string of the molecule is CCCOCCC(=O)CCc1ccc(OC)cc1. The van der Waals surface area contributed by atoms with Crippen LogP contribution in [0.15, 0.2) is 24.3 Å². The van der Waals surface area contributed by atoms with Gasteiger partial charge in [0.1, 0.15) is 11.5 Å². The maximum atomic E-state index is 11.6. The van der Waals surface area contributed by atoms with Crippen LogP contribution in [0.4, 0.5) is 0 Å². The average molecular weight is 250 g/mol. The molecule has 1 rings (SSSR count). The summed E-state index contributed by atoms with van der Waals surface area (Å²) in [6, 6.07) is 7.84. The molecule has 0 heterocycles. The van der Waals surface area contributed by atoms with Gasteiger partial charge in [0.15, 0.2) is 0 Å². The normalized spacial score (nSPS) is 10.3. The van der Waals surface area contributed by atoms with Gasteiger partial charge in [0, 0.05) is 19.4 Å². The van der Waals surface area contributed by atoms with Crippen molar-refractivity contribution in [1.29, 1.82) is 0 Å². The molecule has 0 spiro atoms. The highest BCUT2D eigenvalue weighted by Crippen LogP contribution is 2.12. The van der Waals surface area contributed by atoms with E-state index in [0.717, 1.165) is 25.2 Å². The molecule has 1 aromatic carbocycles. The van der Waals surface area contributed by atoms with Crippen LogP contribution in [-0.4, -0.2) is 26.1 Å². The van der Waals surface area contributed by atoms with Gasteiger partial charge in [-0.3, -0.25) is 4.79 Å².